The average Bonchev–Trinajstić information content (AvgIpc) is 3.29. The Bertz CT molecular complexity index is 1190. The Morgan fingerprint density at radius 1 is 1.10 bits per heavy atom. The van der Waals surface area contributed by atoms with Crippen LogP contribution in [0.15, 0.2) is 74.5 Å². The number of nitro groups is 1. The highest BCUT2D eigenvalue weighted by Gasteiger charge is 2.35. The molecule has 30 heavy (non-hydrogen) atoms. The first-order valence-corrected chi connectivity index (χ1v) is 10.4. The van der Waals surface area contributed by atoms with Gasteiger partial charge in [-0.2, -0.15) is 0 Å². The second kappa shape index (κ2) is 8.29. The van der Waals surface area contributed by atoms with Crippen LogP contribution in [0.3, 0.4) is 0 Å². The lowest BCUT2D eigenvalue weighted by Gasteiger charge is -2.11. The van der Waals surface area contributed by atoms with E-state index in [1.807, 2.05) is 30.3 Å². The zero-order valence-electron chi connectivity index (χ0n) is 15.3. The summed E-state index contributed by atoms with van der Waals surface area (Å²) in [5.74, 6) is 0.510. The predicted octanol–water partition coefficient (Wildman–Crippen LogP) is 5.85. The normalized spacial score (nSPS) is 15.2. The number of rotatable bonds is 5. The molecule has 0 atom stereocenters. The zero-order chi connectivity index (χ0) is 21.3. The van der Waals surface area contributed by atoms with Crippen molar-refractivity contribution in [3.8, 4) is 11.3 Å². The molecule has 0 N–H and O–H groups in total. The van der Waals surface area contributed by atoms with Crippen molar-refractivity contribution in [3.05, 3.63) is 91.5 Å². The lowest BCUT2D eigenvalue weighted by Crippen LogP contribution is -2.27. The predicted molar refractivity (Wildman–Crippen MR) is 116 cm³/mol. The van der Waals surface area contributed by atoms with Crippen LogP contribution in [0.25, 0.3) is 17.4 Å². The molecule has 0 radical (unpaired) electrons. The van der Waals surface area contributed by atoms with Gasteiger partial charge in [0.15, 0.2) is 0 Å². The lowest BCUT2D eigenvalue weighted by atomic mass is 10.1. The number of hydrogen-bond donors (Lipinski definition) is 0. The van der Waals surface area contributed by atoms with Gasteiger partial charge in [-0.15, -0.1) is 0 Å². The quantitative estimate of drug-likeness (QED) is 0.256. The first-order chi connectivity index (χ1) is 14.4. The fourth-order valence-electron chi connectivity index (χ4n) is 2.92. The molecule has 9 heteroatoms. The molecule has 1 saturated heterocycles. The highest BCUT2D eigenvalue weighted by atomic mass is 79.9. The van der Waals surface area contributed by atoms with E-state index in [-0.39, 0.29) is 28.3 Å². The maximum Gasteiger partial charge on any atom is 0.293 e. The number of nitro benzene ring substituents is 1. The second-order valence-electron chi connectivity index (χ2n) is 6.38. The fraction of sp³-hybridized carbons (Fsp3) is 0.0476. The molecule has 1 aliphatic heterocycles. The van der Waals surface area contributed by atoms with Gasteiger partial charge in [-0.25, -0.2) is 0 Å². The van der Waals surface area contributed by atoms with Crippen LogP contribution in [0, 0.1) is 10.1 Å². The van der Waals surface area contributed by atoms with Crippen molar-refractivity contribution in [2.24, 2.45) is 0 Å². The summed E-state index contributed by atoms with van der Waals surface area (Å²) in [5, 5.41) is 10.6. The van der Waals surface area contributed by atoms with Crippen LogP contribution in [-0.2, 0) is 11.3 Å². The Morgan fingerprint density at radius 2 is 1.87 bits per heavy atom. The molecule has 3 aromatic rings. The van der Waals surface area contributed by atoms with Gasteiger partial charge in [-0.05, 0) is 51.5 Å². The minimum absolute atomic E-state index is 0.0375. The molecule has 2 amide bonds. The molecule has 4 rings (SSSR count). The van der Waals surface area contributed by atoms with Gasteiger partial charge < -0.3 is 4.42 Å². The SMILES string of the molecule is O=C1S/C(=C/c2ccc(-c3ccc([N+](=O)[O-])cc3Br)o2)C(=O)N1Cc1ccccc1. The van der Waals surface area contributed by atoms with Gasteiger partial charge in [0.05, 0.1) is 16.4 Å². The summed E-state index contributed by atoms with van der Waals surface area (Å²) in [5.41, 5.74) is 1.46. The topological polar surface area (TPSA) is 93.7 Å². The summed E-state index contributed by atoms with van der Waals surface area (Å²) in [6, 6.07) is 17.0. The third kappa shape index (κ3) is 4.07. The van der Waals surface area contributed by atoms with Crippen molar-refractivity contribution >= 4 is 50.6 Å². The van der Waals surface area contributed by atoms with Gasteiger partial charge in [-0.3, -0.25) is 24.6 Å². The fourth-order valence-corrected chi connectivity index (χ4v) is 4.30. The molecule has 0 bridgehead atoms. The molecular formula is C21H13BrN2O5S. The Labute approximate surface area is 183 Å². The minimum Gasteiger partial charge on any atom is -0.457 e. The third-order valence-electron chi connectivity index (χ3n) is 4.39. The van der Waals surface area contributed by atoms with Gasteiger partial charge in [0.2, 0.25) is 0 Å². The van der Waals surface area contributed by atoms with E-state index in [0.717, 1.165) is 17.3 Å². The second-order valence-corrected chi connectivity index (χ2v) is 8.22. The Hall–Kier alpha value is -3.17. The third-order valence-corrected chi connectivity index (χ3v) is 5.95. The van der Waals surface area contributed by atoms with Crippen LogP contribution in [-0.4, -0.2) is 21.0 Å². The maximum atomic E-state index is 12.7. The molecule has 150 valence electrons. The Kier molecular flexibility index (Phi) is 5.56. The van der Waals surface area contributed by atoms with Gasteiger partial charge in [-0.1, -0.05) is 30.3 Å². The largest absolute Gasteiger partial charge is 0.457 e. The lowest BCUT2D eigenvalue weighted by molar-refractivity contribution is -0.384. The molecule has 0 unspecified atom stereocenters. The number of imide groups is 1. The van der Waals surface area contributed by atoms with Crippen molar-refractivity contribution in [1.82, 2.24) is 4.90 Å². The smallest absolute Gasteiger partial charge is 0.293 e. The summed E-state index contributed by atoms with van der Waals surface area (Å²) >= 11 is 4.18. The summed E-state index contributed by atoms with van der Waals surface area (Å²) in [6.07, 6.45) is 1.53. The number of hydrogen-bond acceptors (Lipinski definition) is 6. The van der Waals surface area contributed by atoms with Crippen molar-refractivity contribution in [3.63, 3.8) is 0 Å². The molecule has 0 aliphatic carbocycles. The molecule has 1 fully saturated rings. The Morgan fingerprint density at radius 3 is 2.57 bits per heavy atom. The van der Waals surface area contributed by atoms with E-state index in [1.54, 1.807) is 18.2 Å². The van der Waals surface area contributed by atoms with E-state index >= 15 is 0 Å². The summed E-state index contributed by atoms with van der Waals surface area (Å²) in [6.45, 7) is 0.210. The molecule has 2 heterocycles. The highest BCUT2D eigenvalue weighted by Crippen LogP contribution is 2.36. The van der Waals surface area contributed by atoms with Crippen molar-refractivity contribution in [2.45, 2.75) is 6.54 Å². The maximum absolute atomic E-state index is 12.7. The van der Waals surface area contributed by atoms with Crippen molar-refractivity contribution < 1.29 is 18.9 Å². The number of carbonyl (C=O) groups is 2. The summed E-state index contributed by atoms with van der Waals surface area (Å²) < 4.78 is 6.29. The van der Waals surface area contributed by atoms with Crippen LogP contribution in [0.2, 0.25) is 0 Å². The minimum atomic E-state index is -0.479. The van der Waals surface area contributed by atoms with Gasteiger partial charge in [0.1, 0.15) is 11.5 Å². The Balaban J connectivity index is 1.55. The van der Waals surface area contributed by atoms with Crippen LogP contribution in [0.1, 0.15) is 11.3 Å². The number of carbonyl (C=O) groups excluding carboxylic acids is 2. The monoisotopic (exact) mass is 484 g/mol. The standard InChI is InChI=1S/C21H13BrN2O5S/c22-17-10-14(24(27)28)6-8-16(17)18-9-7-15(29-18)11-19-20(25)23(21(26)30-19)12-13-4-2-1-3-5-13/h1-11H,12H2/b19-11+. The van der Waals surface area contributed by atoms with Crippen LogP contribution in [0.5, 0.6) is 0 Å². The number of benzene rings is 2. The zero-order valence-corrected chi connectivity index (χ0v) is 17.7. The van der Waals surface area contributed by atoms with Crippen LogP contribution < -0.4 is 0 Å². The van der Waals surface area contributed by atoms with E-state index in [1.165, 1.54) is 23.1 Å². The summed E-state index contributed by atoms with van der Waals surface area (Å²) in [4.78, 5) is 36.8. The van der Waals surface area contributed by atoms with Gasteiger partial charge in [0.25, 0.3) is 16.8 Å². The van der Waals surface area contributed by atoms with E-state index < -0.39 is 4.92 Å². The molecular weight excluding hydrogens is 472 g/mol. The van der Waals surface area contributed by atoms with E-state index in [4.69, 9.17) is 4.42 Å². The summed E-state index contributed by atoms with van der Waals surface area (Å²) in [7, 11) is 0. The number of amides is 2. The molecule has 2 aromatic carbocycles. The highest BCUT2D eigenvalue weighted by molar-refractivity contribution is 9.10. The number of nitrogens with zero attached hydrogens (tertiary/aromatic N) is 2. The van der Waals surface area contributed by atoms with E-state index in [0.29, 0.717) is 21.6 Å². The molecule has 7 nitrogen and oxygen atoms in total. The number of furan rings is 1. The van der Waals surface area contributed by atoms with Crippen LogP contribution in [0.4, 0.5) is 10.5 Å². The number of halogens is 1. The molecule has 0 spiro atoms. The van der Waals surface area contributed by atoms with Gasteiger partial charge >= 0.3 is 0 Å². The molecule has 0 saturated carbocycles. The first kappa shape index (κ1) is 20.1. The number of thioether (sulfide) groups is 1. The number of non-ortho nitro benzene ring substituents is 1. The molecule has 1 aliphatic rings. The first-order valence-electron chi connectivity index (χ1n) is 8.76. The average molecular weight is 485 g/mol. The van der Waals surface area contributed by atoms with Crippen molar-refractivity contribution in [2.75, 3.05) is 0 Å². The van der Waals surface area contributed by atoms with Crippen molar-refractivity contribution in [1.29, 1.82) is 0 Å². The van der Waals surface area contributed by atoms with Crippen LogP contribution >= 0.6 is 27.7 Å². The van der Waals surface area contributed by atoms with E-state index in [9.17, 15) is 19.7 Å². The van der Waals surface area contributed by atoms with Gasteiger partial charge in [0, 0.05) is 28.2 Å². The van der Waals surface area contributed by atoms with E-state index in [2.05, 4.69) is 15.9 Å². The molecule has 1 aromatic heterocycles.